The molecular formula is C10H22ClTl. The molecule has 0 aromatic rings. The Kier molecular flexibility index (Phi) is 8.37. The van der Waals surface area contributed by atoms with E-state index in [0.717, 1.165) is 6.95 Å². The molecule has 0 N–H and O–H groups in total. The summed E-state index contributed by atoms with van der Waals surface area (Å²) in [5.74, 6) is 0. The second kappa shape index (κ2) is 7.60. The molecule has 2 atom stereocenters. The Hall–Kier alpha value is 1.21. The Morgan fingerprint density at radius 1 is 1.00 bits per heavy atom. The fourth-order valence-corrected chi connectivity index (χ4v) is 13.4. The van der Waals surface area contributed by atoms with Crippen LogP contribution in [0.5, 0.6) is 0 Å². The van der Waals surface area contributed by atoms with Crippen LogP contribution in [-0.4, -0.2) is 21.5 Å². The second-order valence-corrected chi connectivity index (χ2v) is 20.7. The molecule has 12 heavy (non-hydrogen) atoms. The number of hydrogen-bond acceptors (Lipinski definition) is 0. The zero-order valence-electron chi connectivity index (χ0n) is 8.94. The van der Waals surface area contributed by atoms with Crippen LogP contribution in [0.25, 0.3) is 0 Å². The fourth-order valence-electron chi connectivity index (χ4n) is 1.79. The van der Waals surface area contributed by atoms with Crippen molar-refractivity contribution in [3.05, 3.63) is 0 Å². The third-order valence-electron chi connectivity index (χ3n) is 2.58. The summed E-state index contributed by atoms with van der Waals surface area (Å²) in [6.07, 6.45) is 5.35. The van der Waals surface area contributed by atoms with E-state index in [4.69, 9.17) is 8.32 Å². The molecule has 0 spiro atoms. The average molecular weight is 382 g/mol. The molecule has 0 amide bonds. The van der Waals surface area contributed by atoms with Gasteiger partial charge >= 0.3 is 90.1 Å². The summed E-state index contributed by atoms with van der Waals surface area (Å²) in [6, 6.07) is 0. The van der Waals surface area contributed by atoms with E-state index in [0.29, 0.717) is 0 Å². The summed E-state index contributed by atoms with van der Waals surface area (Å²) in [6.45, 7) is 9.26. The molecule has 0 heterocycles. The van der Waals surface area contributed by atoms with Crippen LogP contribution in [0.15, 0.2) is 0 Å². The van der Waals surface area contributed by atoms with Crippen molar-refractivity contribution in [3.63, 3.8) is 0 Å². The van der Waals surface area contributed by atoms with Crippen LogP contribution in [0.2, 0.25) is 6.95 Å². The van der Waals surface area contributed by atoms with E-state index in [-0.39, 0.29) is 0 Å². The number of hydrogen-bond donors (Lipinski definition) is 0. The van der Waals surface area contributed by atoms with E-state index in [2.05, 4.69) is 27.7 Å². The first kappa shape index (κ1) is 13.2. The topological polar surface area (TPSA) is 0 Å². The van der Waals surface area contributed by atoms with Gasteiger partial charge in [-0.25, -0.2) is 0 Å². The zero-order valence-corrected chi connectivity index (χ0v) is 14.2. The Bertz CT molecular complexity index is 94.0. The SMILES string of the molecule is CCC[CH](C)[Tl]([Cl])[CH](C)CCC. The molecule has 0 nitrogen and oxygen atoms in total. The van der Waals surface area contributed by atoms with Crippen LogP contribution >= 0.6 is 8.32 Å². The molecule has 0 rings (SSSR count). The maximum absolute atomic E-state index is 6.56. The minimum absolute atomic E-state index is 0.901. The molecule has 0 bridgehead atoms. The molecule has 2 heteroatoms. The van der Waals surface area contributed by atoms with Gasteiger partial charge in [-0.15, -0.1) is 0 Å². The van der Waals surface area contributed by atoms with Gasteiger partial charge in [0.25, 0.3) is 0 Å². The van der Waals surface area contributed by atoms with Crippen LogP contribution in [0.1, 0.15) is 53.4 Å². The van der Waals surface area contributed by atoms with E-state index >= 15 is 0 Å². The zero-order chi connectivity index (χ0) is 9.56. The van der Waals surface area contributed by atoms with Gasteiger partial charge in [-0.3, -0.25) is 0 Å². The van der Waals surface area contributed by atoms with Crippen molar-refractivity contribution in [2.45, 2.75) is 60.3 Å². The standard InChI is InChI=1S/2C5H11.ClH.Tl/c2*1-3-5-4-2;;/h2*3H,4-5H2,1-2H3;1H;/q;;;+1/p-1. The molecule has 72 valence electrons. The first-order chi connectivity index (χ1) is 5.63. The van der Waals surface area contributed by atoms with Gasteiger partial charge in [0.05, 0.1) is 0 Å². The summed E-state index contributed by atoms with van der Waals surface area (Å²) < 4.78 is 1.80. The van der Waals surface area contributed by atoms with Gasteiger partial charge in [0.2, 0.25) is 0 Å². The molecule has 0 aromatic heterocycles. The molecule has 0 aliphatic heterocycles. The fraction of sp³-hybridized carbons (Fsp3) is 1.00. The van der Waals surface area contributed by atoms with Crippen LogP contribution in [0, 0.1) is 0 Å². The van der Waals surface area contributed by atoms with E-state index in [1.165, 1.54) is 25.7 Å². The Morgan fingerprint density at radius 3 is 1.58 bits per heavy atom. The Balaban J connectivity index is 3.73. The average Bonchev–Trinajstić information content (AvgIpc) is 2.04. The molecule has 0 aliphatic carbocycles. The van der Waals surface area contributed by atoms with E-state index in [1.807, 2.05) is 0 Å². The van der Waals surface area contributed by atoms with E-state index in [9.17, 15) is 0 Å². The molecule has 2 unspecified atom stereocenters. The quantitative estimate of drug-likeness (QED) is 0.590. The van der Waals surface area contributed by atoms with Gasteiger partial charge in [0.15, 0.2) is 0 Å². The predicted molar refractivity (Wildman–Crippen MR) is 60.3 cm³/mol. The van der Waals surface area contributed by atoms with E-state index < -0.39 is 21.5 Å². The summed E-state index contributed by atoms with van der Waals surface area (Å²) in [5, 5.41) is 0. The van der Waals surface area contributed by atoms with Crippen LogP contribution in [0.4, 0.5) is 0 Å². The normalized spacial score (nSPS) is 15.8. The molecular weight excluding hydrogens is 360 g/mol. The van der Waals surface area contributed by atoms with Crippen molar-refractivity contribution in [1.29, 1.82) is 0 Å². The summed E-state index contributed by atoms with van der Waals surface area (Å²) in [4.78, 5) is 0. The third-order valence-corrected chi connectivity index (χ3v) is 21.2. The van der Waals surface area contributed by atoms with Gasteiger partial charge in [0, 0.05) is 0 Å². The van der Waals surface area contributed by atoms with Crippen molar-refractivity contribution in [2.75, 3.05) is 0 Å². The van der Waals surface area contributed by atoms with Gasteiger partial charge in [-0.1, -0.05) is 0 Å². The first-order valence-corrected chi connectivity index (χ1v) is 16.0. The van der Waals surface area contributed by atoms with E-state index in [1.54, 1.807) is 0 Å². The van der Waals surface area contributed by atoms with Gasteiger partial charge < -0.3 is 0 Å². The predicted octanol–water partition coefficient (Wildman–Crippen LogP) is 4.60. The van der Waals surface area contributed by atoms with Crippen molar-refractivity contribution in [1.82, 2.24) is 0 Å². The number of rotatable bonds is 6. The summed E-state index contributed by atoms with van der Waals surface area (Å²) in [5.41, 5.74) is 0. The van der Waals surface area contributed by atoms with Crippen LogP contribution in [0.3, 0.4) is 0 Å². The molecule has 0 radical (unpaired) electrons. The molecule has 0 aliphatic rings. The monoisotopic (exact) mass is 382 g/mol. The Morgan fingerprint density at radius 2 is 1.33 bits per heavy atom. The first-order valence-electron chi connectivity index (χ1n) is 5.27. The van der Waals surface area contributed by atoms with Crippen LogP contribution < -0.4 is 0 Å². The number of halogens is 1. The Labute approximate surface area is 89.7 Å². The van der Waals surface area contributed by atoms with Crippen molar-refractivity contribution in [2.24, 2.45) is 0 Å². The summed E-state index contributed by atoms with van der Waals surface area (Å²) >= 11 is -1.75. The molecule has 0 saturated heterocycles. The molecule has 0 aromatic carbocycles. The van der Waals surface area contributed by atoms with Crippen molar-refractivity contribution in [3.8, 4) is 0 Å². The third kappa shape index (κ3) is 5.05. The molecule has 0 fully saturated rings. The van der Waals surface area contributed by atoms with Crippen molar-refractivity contribution >= 4 is 29.8 Å². The van der Waals surface area contributed by atoms with Gasteiger partial charge in [-0.2, -0.15) is 0 Å². The van der Waals surface area contributed by atoms with Gasteiger partial charge in [0.1, 0.15) is 0 Å². The minimum atomic E-state index is -1.75. The molecule has 0 saturated carbocycles. The van der Waals surface area contributed by atoms with Crippen molar-refractivity contribution < 1.29 is 0 Å². The van der Waals surface area contributed by atoms with Crippen LogP contribution in [-0.2, 0) is 0 Å². The maximum atomic E-state index is 6.56. The second-order valence-electron chi connectivity index (χ2n) is 3.98. The summed E-state index contributed by atoms with van der Waals surface area (Å²) in [7, 11) is 6.56. The van der Waals surface area contributed by atoms with Gasteiger partial charge in [-0.05, 0) is 0 Å².